The van der Waals surface area contributed by atoms with Gasteiger partial charge in [0.05, 0.1) is 18.1 Å². The summed E-state index contributed by atoms with van der Waals surface area (Å²) in [5, 5.41) is 9.11. The van der Waals surface area contributed by atoms with E-state index in [1.54, 1.807) is 0 Å². The molecule has 0 saturated carbocycles. The molecule has 102 valence electrons. The van der Waals surface area contributed by atoms with E-state index in [1.165, 1.54) is 0 Å². The summed E-state index contributed by atoms with van der Waals surface area (Å²) in [4.78, 5) is 14.1. The molecule has 1 aliphatic rings. The van der Waals surface area contributed by atoms with Crippen LogP contribution in [0, 0.1) is 16.7 Å². The molecular weight excluding hydrogens is 228 g/mol. The van der Waals surface area contributed by atoms with E-state index in [0.717, 1.165) is 38.8 Å². The molecule has 0 N–H and O–H groups in total. The van der Waals surface area contributed by atoms with E-state index in [4.69, 9.17) is 10.00 Å². The van der Waals surface area contributed by atoms with Crippen molar-refractivity contribution in [2.24, 2.45) is 5.41 Å². The fraction of sp³-hybridized carbons (Fsp3) is 0.857. The van der Waals surface area contributed by atoms with Crippen LogP contribution >= 0.6 is 0 Å². The number of carbonyl (C=O) groups is 1. The Balaban J connectivity index is 2.61. The molecule has 4 heteroatoms. The second kappa shape index (κ2) is 6.75. The summed E-state index contributed by atoms with van der Waals surface area (Å²) < 4.78 is 5.14. The molecule has 1 atom stereocenters. The maximum absolute atomic E-state index is 11.9. The van der Waals surface area contributed by atoms with Gasteiger partial charge in [0, 0.05) is 13.1 Å². The minimum absolute atomic E-state index is 0.111. The van der Waals surface area contributed by atoms with E-state index in [1.807, 2.05) is 13.8 Å². The van der Waals surface area contributed by atoms with Gasteiger partial charge in [-0.1, -0.05) is 13.3 Å². The molecule has 0 radical (unpaired) electrons. The van der Waals surface area contributed by atoms with Crippen LogP contribution in [0.15, 0.2) is 0 Å². The van der Waals surface area contributed by atoms with Crippen LogP contribution in [0.25, 0.3) is 0 Å². The summed E-state index contributed by atoms with van der Waals surface area (Å²) in [5.41, 5.74) is -0.220. The molecule has 0 bridgehead atoms. The van der Waals surface area contributed by atoms with Crippen molar-refractivity contribution in [2.45, 2.75) is 52.5 Å². The Hall–Kier alpha value is -1.08. The van der Waals surface area contributed by atoms with Gasteiger partial charge >= 0.3 is 5.97 Å². The van der Waals surface area contributed by atoms with Gasteiger partial charge in [-0.25, -0.2) is 0 Å². The summed E-state index contributed by atoms with van der Waals surface area (Å²) >= 11 is 0. The standard InChI is InChI=1S/C14H24N2O2/c1-4-6-12(13(17)18-5-2)16-9-7-14(3,11-15)8-10-16/h12H,4-10H2,1-3H3. The number of nitriles is 1. The van der Waals surface area contributed by atoms with Gasteiger partial charge in [-0.05, 0) is 33.1 Å². The SMILES string of the molecule is CCCC(C(=O)OCC)N1CCC(C)(C#N)CC1. The number of rotatable bonds is 5. The zero-order chi connectivity index (χ0) is 13.6. The summed E-state index contributed by atoms with van der Waals surface area (Å²) in [7, 11) is 0. The number of likely N-dealkylation sites (tertiary alicyclic amines) is 1. The maximum atomic E-state index is 11.9. The van der Waals surface area contributed by atoms with Gasteiger partial charge in [0.15, 0.2) is 0 Å². The fourth-order valence-electron chi connectivity index (χ4n) is 2.40. The Morgan fingerprint density at radius 3 is 2.50 bits per heavy atom. The van der Waals surface area contributed by atoms with Gasteiger partial charge in [-0.2, -0.15) is 5.26 Å². The predicted octanol–water partition coefficient (Wildman–Crippen LogP) is 2.34. The molecule has 1 aliphatic heterocycles. The van der Waals surface area contributed by atoms with Crippen molar-refractivity contribution in [1.29, 1.82) is 5.26 Å². The van der Waals surface area contributed by atoms with Crippen LogP contribution in [-0.4, -0.2) is 36.6 Å². The van der Waals surface area contributed by atoms with E-state index < -0.39 is 0 Å². The molecule has 18 heavy (non-hydrogen) atoms. The Kier molecular flexibility index (Phi) is 5.61. The molecule has 0 spiro atoms. The molecule has 0 aliphatic carbocycles. The Morgan fingerprint density at radius 2 is 2.06 bits per heavy atom. The van der Waals surface area contributed by atoms with E-state index in [9.17, 15) is 4.79 Å². The lowest BCUT2D eigenvalue weighted by atomic mass is 9.81. The third-order valence-electron chi connectivity index (χ3n) is 3.73. The van der Waals surface area contributed by atoms with Crippen LogP contribution in [0.1, 0.15) is 46.5 Å². The quantitative estimate of drug-likeness (QED) is 0.705. The summed E-state index contributed by atoms with van der Waals surface area (Å²) in [6, 6.07) is 2.26. The van der Waals surface area contributed by atoms with Crippen LogP contribution in [0.4, 0.5) is 0 Å². The first-order valence-electron chi connectivity index (χ1n) is 6.88. The Morgan fingerprint density at radius 1 is 1.44 bits per heavy atom. The molecule has 1 heterocycles. The van der Waals surface area contributed by atoms with Crippen LogP contribution < -0.4 is 0 Å². The first kappa shape index (κ1) is 15.0. The lowest BCUT2D eigenvalue weighted by Gasteiger charge is -2.38. The predicted molar refractivity (Wildman–Crippen MR) is 69.9 cm³/mol. The molecule has 1 fully saturated rings. The van der Waals surface area contributed by atoms with Crippen LogP contribution in [0.2, 0.25) is 0 Å². The topological polar surface area (TPSA) is 53.3 Å². The molecule has 4 nitrogen and oxygen atoms in total. The van der Waals surface area contributed by atoms with E-state index in [-0.39, 0.29) is 17.4 Å². The van der Waals surface area contributed by atoms with Crippen molar-refractivity contribution < 1.29 is 9.53 Å². The second-order valence-corrected chi connectivity index (χ2v) is 5.26. The first-order valence-corrected chi connectivity index (χ1v) is 6.88. The number of piperidine rings is 1. The minimum atomic E-state index is -0.220. The van der Waals surface area contributed by atoms with Crippen molar-refractivity contribution in [3.63, 3.8) is 0 Å². The summed E-state index contributed by atoms with van der Waals surface area (Å²) in [5.74, 6) is -0.111. The number of nitrogens with zero attached hydrogens (tertiary/aromatic N) is 2. The van der Waals surface area contributed by atoms with Gasteiger partial charge in [0.25, 0.3) is 0 Å². The number of hydrogen-bond acceptors (Lipinski definition) is 4. The molecule has 0 aromatic heterocycles. The van der Waals surface area contributed by atoms with Crippen molar-refractivity contribution >= 4 is 5.97 Å². The minimum Gasteiger partial charge on any atom is -0.465 e. The van der Waals surface area contributed by atoms with Crippen LogP contribution in [0.3, 0.4) is 0 Å². The lowest BCUT2D eigenvalue weighted by molar-refractivity contribution is -0.150. The number of hydrogen-bond donors (Lipinski definition) is 0. The highest BCUT2D eigenvalue weighted by Crippen LogP contribution is 2.31. The van der Waals surface area contributed by atoms with E-state index >= 15 is 0 Å². The first-order chi connectivity index (χ1) is 8.56. The van der Waals surface area contributed by atoms with Gasteiger partial charge in [-0.3, -0.25) is 9.69 Å². The smallest absolute Gasteiger partial charge is 0.323 e. The second-order valence-electron chi connectivity index (χ2n) is 5.26. The highest BCUT2D eigenvalue weighted by atomic mass is 16.5. The van der Waals surface area contributed by atoms with Gasteiger partial charge in [-0.15, -0.1) is 0 Å². The van der Waals surface area contributed by atoms with Crippen molar-refractivity contribution in [3.8, 4) is 6.07 Å². The monoisotopic (exact) mass is 252 g/mol. The maximum Gasteiger partial charge on any atom is 0.323 e. The molecule has 1 rings (SSSR count). The molecule has 1 unspecified atom stereocenters. The normalized spacial score (nSPS) is 21.0. The zero-order valence-electron chi connectivity index (χ0n) is 11.7. The average Bonchev–Trinajstić information content (AvgIpc) is 2.37. The highest BCUT2D eigenvalue weighted by Gasteiger charge is 2.35. The zero-order valence-corrected chi connectivity index (χ0v) is 11.7. The number of carbonyl (C=O) groups excluding carboxylic acids is 1. The molecule has 0 amide bonds. The van der Waals surface area contributed by atoms with Gasteiger partial charge < -0.3 is 4.74 Å². The van der Waals surface area contributed by atoms with Crippen LogP contribution in [0.5, 0.6) is 0 Å². The number of ether oxygens (including phenoxy) is 1. The summed E-state index contributed by atoms with van der Waals surface area (Å²) in [6.45, 7) is 7.98. The fourth-order valence-corrected chi connectivity index (χ4v) is 2.40. The lowest BCUT2D eigenvalue weighted by Crippen LogP contribution is -2.48. The largest absolute Gasteiger partial charge is 0.465 e. The molecule has 0 aromatic rings. The van der Waals surface area contributed by atoms with Crippen molar-refractivity contribution in [1.82, 2.24) is 4.90 Å². The Bertz CT molecular complexity index is 314. The molecule has 0 aromatic carbocycles. The van der Waals surface area contributed by atoms with E-state index in [0.29, 0.717) is 6.61 Å². The average molecular weight is 252 g/mol. The summed E-state index contributed by atoms with van der Waals surface area (Å²) in [6.07, 6.45) is 3.48. The van der Waals surface area contributed by atoms with Crippen molar-refractivity contribution in [2.75, 3.05) is 19.7 Å². The van der Waals surface area contributed by atoms with Gasteiger partial charge in [0.1, 0.15) is 6.04 Å². The molecular formula is C14H24N2O2. The van der Waals surface area contributed by atoms with Crippen molar-refractivity contribution in [3.05, 3.63) is 0 Å². The third kappa shape index (κ3) is 3.71. The third-order valence-corrected chi connectivity index (χ3v) is 3.73. The Labute approximate surface area is 110 Å². The number of esters is 1. The molecule has 1 saturated heterocycles. The highest BCUT2D eigenvalue weighted by molar-refractivity contribution is 5.75. The van der Waals surface area contributed by atoms with Crippen LogP contribution in [-0.2, 0) is 9.53 Å². The van der Waals surface area contributed by atoms with Gasteiger partial charge in [0.2, 0.25) is 0 Å². The van der Waals surface area contributed by atoms with E-state index in [2.05, 4.69) is 17.9 Å².